The van der Waals surface area contributed by atoms with Crippen LogP contribution in [0.25, 0.3) is 0 Å². The molecule has 8 heteroatoms. The van der Waals surface area contributed by atoms with Gasteiger partial charge in [-0.2, -0.15) is 18.4 Å². The van der Waals surface area contributed by atoms with Crippen molar-refractivity contribution in [2.24, 2.45) is 0 Å². The van der Waals surface area contributed by atoms with E-state index in [0.717, 1.165) is 25.1 Å². The number of alkyl halides is 3. The minimum Gasteiger partial charge on any atom is -0.480 e. The van der Waals surface area contributed by atoms with Crippen molar-refractivity contribution in [1.82, 2.24) is 5.32 Å². The molecule has 1 unspecified atom stereocenters. The number of carbonyl (C=O) groups is 1. The molecule has 0 saturated carbocycles. The molecule has 20 heavy (non-hydrogen) atoms. The maximum absolute atomic E-state index is 13.0. The van der Waals surface area contributed by atoms with Crippen molar-refractivity contribution >= 4 is 17.6 Å². The predicted molar refractivity (Wildman–Crippen MR) is 65.2 cm³/mol. The highest BCUT2D eigenvalue weighted by atomic mass is 35.5. The third kappa shape index (κ3) is 3.85. The Morgan fingerprint density at radius 2 is 2.10 bits per heavy atom. The van der Waals surface area contributed by atoms with E-state index >= 15 is 0 Å². The highest BCUT2D eigenvalue weighted by Crippen LogP contribution is 2.34. The average molecular weight is 307 g/mol. The quantitative estimate of drug-likeness (QED) is 0.897. The molecule has 0 radical (unpaired) electrons. The first kappa shape index (κ1) is 16.3. The molecule has 108 valence electrons. The highest BCUT2D eigenvalue weighted by molar-refractivity contribution is 6.31. The lowest BCUT2D eigenvalue weighted by molar-refractivity contribution is -0.162. The van der Waals surface area contributed by atoms with E-state index in [9.17, 15) is 18.0 Å². The highest BCUT2D eigenvalue weighted by Gasteiger charge is 2.42. The van der Waals surface area contributed by atoms with Gasteiger partial charge in [0.15, 0.2) is 0 Å². The summed E-state index contributed by atoms with van der Waals surface area (Å²) in [5.74, 6) is -1.40. The zero-order chi connectivity index (χ0) is 15.5. The summed E-state index contributed by atoms with van der Waals surface area (Å²) in [5.41, 5.74) is -0.211. The van der Waals surface area contributed by atoms with Gasteiger partial charge >= 0.3 is 12.1 Å². The minimum absolute atomic E-state index is 0.0441. The molecule has 0 amide bonds. The van der Waals surface area contributed by atoms with E-state index in [2.05, 4.69) is 0 Å². The Hall–Kier alpha value is -1.78. The van der Waals surface area contributed by atoms with Crippen LogP contribution in [0.15, 0.2) is 18.2 Å². The van der Waals surface area contributed by atoms with E-state index in [4.69, 9.17) is 22.0 Å². The molecule has 0 aliphatic rings. The molecule has 0 heterocycles. The third-order valence-electron chi connectivity index (χ3n) is 2.56. The number of aliphatic carboxylic acids is 1. The molecular formula is C12H10ClF3N2O2. The van der Waals surface area contributed by atoms with E-state index < -0.39 is 24.2 Å². The Morgan fingerprint density at radius 3 is 2.50 bits per heavy atom. The average Bonchev–Trinajstić information content (AvgIpc) is 2.33. The zero-order valence-electron chi connectivity index (χ0n) is 10.2. The minimum atomic E-state index is -4.69. The van der Waals surface area contributed by atoms with Gasteiger partial charge in [-0.1, -0.05) is 17.7 Å². The summed E-state index contributed by atoms with van der Waals surface area (Å²) in [5, 5.41) is 19.2. The Bertz CT molecular complexity index is 555. The summed E-state index contributed by atoms with van der Waals surface area (Å²) < 4.78 is 38.9. The van der Waals surface area contributed by atoms with Crippen molar-refractivity contribution in [3.8, 4) is 6.07 Å². The van der Waals surface area contributed by atoms with Crippen LogP contribution in [0.1, 0.15) is 24.1 Å². The number of rotatable bonds is 4. The molecule has 0 fully saturated rings. The van der Waals surface area contributed by atoms with Crippen molar-refractivity contribution in [1.29, 1.82) is 5.26 Å². The second-order valence-electron chi connectivity index (χ2n) is 4.05. The molecule has 1 aromatic carbocycles. The van der Waals surface area contributed by atoms with Gasteiger partial charge in [0.25, 0.3) is 0 Å². The maximum atomic E-state index is 13.0. The maximum Gasteiger partial charge on any atom is 0.407 e. The van der Waals surface area contributed by atoms with Crippen LogP contribution in [0.3, 0.4) is 0 Å². The summed E-state index contributed by atoms with van der Waals surface area (Å²) in [7, 11) is 0. The summed E-state index contributed by atoms with van der Waals surface area (Å²) in [6.07, 6.45) is -4.69. The molecular weight excluding hydrogens is 297 g/mol. The van der Waals surface area contributed by atoms with Gasteiger partial charge in [-0.3, -0.25) is 10.1 Å². The van der Waals surface area contributed by atoms with E-state index in [1.165, 1.54) is 0 Å². The van der Waals surface area contributed by atoms with Crippen LogP contribution < -0.4 is 5.32 Å². The smallest absolute Gasteiger partial charge is 0.407 e. The number of benzene rings is 1. The Labute approximate surface area is 117 Å². The van der Waals surface area contributed by atoms with Gasteiger partial charge < -0.3 is 5.11 Å². The number of halogens is 4. The van der Waals surface area contributed by atoms with Crippen LogP contribution in [-0.4, -0.2) is 23.3 Å². The van der Waals surface area contributed by atoms with E-state index in [0.29, 0.717) is 0 Å². The van der Waals surface area contributed by atoms with Crippen molar-refractivity contribution in [3.05, 3.63) is 34.3 Å². The molecule has 1 aromatic rings. The SMILES string of the molecule is C[C@H](NC(c1ccc(C#N)c(Cl)c1)C(F)(F)F)C(=O)O. The van der Waals surface area contributed by atoms with E-state index in [1.54, 1.807) is 6.07 Å². The van der Waals surface area contributed by atoms with Crippen molar-refractivity contribution < 1.29 is 23.1 Å². The van der Waals surface area contributed by atoms with Crippen molar-refractivity contribution in [3.63, 3.8) is 0 Å². The van der Waals surface area contributed by atoms with Gasteiger partial charge in [0, 0.05) is 0 Å². The first-order chi connectivity index (χ1) is 9.16. The van der Waals surface area contributed by atoms with Gasteiger partial charge in [0.1, 0.15) is 18.2 Å². The molecule has 0 aliphatic carbocycles. The number of hydrogen-bond acceptors (Lipinski definition) is 3. The van der Waals surface area contributed by atoms with Gasteiger partial charge in [0.05, 0.1) is 10.6 Å². The molecule has 4 nitrogen and oxygen atoms in total. The molecule has 0 aliphatic heterocycles. The fourth-order valence-corrected chi connectivity index (χ4v) is 1.73. The molecule has 2 atom stereocenters. The largest absolute Gasteiger partial charge is 0.480 e. The number of carboxylic acids is 1. The predicted octanol–water partition coefficient (Wildman–Crippen LogP) is 2.88. The first-order valence-electron chi connectivity index (χ1n) is 5.42. The fourth-order valence-electron chi connectivity index (χ4n) is 1.50. The lowest BCUT2D eigenvalue weighted by atomic mass is 10.0. The molecule has 0 saturated heterocycles. The summed E-state index contributed by atoms with van der Waals surface area (Å²) in [4.78, 5) is 10.7. The third-order valence-corrected chi connectivity index (χ3v) is 2.87. The van der Waals surface area contributed by atoms with E-state index in [1.807, 2.05) is 5.32 Å². The Kier molecular flexibility index (Phi) is 4.98. The Morgan fingerprint density at radius 1 is 1.50 bits per heavy atom. The first-order valence-corrected chi connectivity index (χ1v) is 5.79. The summed E-state index contributed by atoms with van der Waals surface area (Å²) in [6.45, 7) is 1.10. The number of nitrogens with one attached hydrogen (secondary N) is 1. The monoisotopic (exact) mass is 306 g/mol. The normalized spacial score (nSPS) is 14.4. The standard InChI is InChI=1S/C12H10ClF3N2O2/c1-6(11(19)20)18-10(12(14,15)16)7-2-3-8(5-17)9(13)4-7/h2-4,6,10,18H,1H3,(H,19,20)/t6-,10?/m0/s1. The fraction of sp³-hybridized carbons (Fsp3) is 0.333. The van der Waals surface area contributed by atoms with Crippen LogP contribution in [0, 0.1) is 11.3 Å². The van der Waals surface area contributed by atoms with Crippen LogP contribution in [0.5, 0.6) is 0 Å². The van der Waals surface area contributed by atoms with Crippen LogP contribution in [-0.2, 0) is 4.79 Å². The van der Waals surface area contributed by atoms with Crippen molar-refractivity contribution in [2.75, 3.05) is 0 Å². The summed E-state index contributed by atoms with van der Waals surface area (Å²) >= 11 is 5.69. The molecule has 0 bridgehead atoms. The van der Waals surface area contributed by atoms with Gasteiger partial charge in [0.2, 0.25) is 0 Å². The van der Waals surface area contributed by atoms with Crippen molar-refractivity contribution in [2.45, 2.75) is 25.2 Å². The number of nitrogens with zero attached hydrogens (tertiary/aromatic N) is 1. The van der Waals surface area contributed by atoms with E-state index in [-0.39, 0.29) is 16.1 Å². The van der Waals surface area contributed by atoms with Gasteiger partial charge in [-0.25, -0.2) is 0 Å². The molecule has 2 N–H and O–H groups in total. The number of nitriles is 1. The zero-order valence-corrected chi connectivity index (χ0v) is 11.0. The van der Waals surface area contributed by atoms with Gasteiger partial charge in [-0.15, -0.1) is 0 Å². The second kappa shape index (κ2) is 6.11. The molecule has 0 spiro atoms. The topological polar surface area (TPSA) is 73.1 Å². The van der Waals surface area contributed by atoms with Crippen LogP contribution in [0.4, 0.5) is 13.2 Å². The summed E-state index contributed by atoms with van der Waals surface area (Å²) in [6, 6.07) is 1.40. The number of hydrogen-bond donors (Lipinski definition) is 2. The second-order valence-corrected chi connectivity index (χ2v) is 4.46. The lowest BCUT2D eigenvalue weighted by Crippen LogP contribution is -2.43. The van der Waals surface area contributed by atoms with Crippen LogP contribution in [0.2, 0.25) is 5.02 Å². The van der Waals surface area contributed by atoms with Gasteiger partial charge in [-0.05, 0) is 24.6 Å². The Balaban J connectivity index is 3.16. The van der Waals surface area contributed by atoms with Crippen LogP contribution >= 0.6 is 11.6 Å². The molecule has 0 aromatic heterocycles. The number of carboxylic acid groups (broad SMARTS) is 1. The molecule has 1 rings (SSSR count). The lowest BCUT2D eigenvalue weighted by Gasteiger charge is -2.24.